The van der Waals surface area contributed by atoms with Crippen molar-refractivity contribution in [3.63, 3.8) is 0 Å². The van der Waals surface area contributed by atoms with E-state index in [4.69, 9.17) is 0 Å². The minimum Gasteiger partial charge on any atom is -0.480 e. The van der Waals surface area contributed by atoms with Crippen molar-refractivity contribution in [2.24, 2.45) is 5.92 Å². The van der Waals surface area contributed by atoms with Crippen molar-refractivity contribution in [2.45, 2.75) is 31.1 Å². The zero-order chi connectivity index (χ0) is 12.3. The van der Waals surface area contributed by atoms with Gasteiger partial charge in [-0.1, -0.05) is 49.2 Å². The van der Waals surface area contributed by atoms with Gasteiger partial charge in [0.15, 0.2) is 0 Å². The number of hydrogen-bond acceptors (Lipinski definition) is 1. The number of hydrogen-bond donors (Lipinski definition) is 1. The highest BCUT2D eigenvalue weighted by atomic mass is 16.4. The maximum absolute atomic E-state index is 11.8. The van der Waals surface area contributed by atoms with Crippen molar-refractivity contribution in [1.29, 1.82) is 0 Å². The molecule has 2 heteroatoms. The van der Waals surface area contributed by atoms with E-state index in [1.807, 2.05) is 30.3 Å². The third-order valence-electron chi connectivity index (χ3n) is 3.93. The summed E-state index contributed by atoms with van der Waals surface area (Å²) in [5.41, 5.74) is -0.0491. The van der Waals surface area contributed by atoms with Crippen molar-refractivity contribution >= 4 is 5.97 Å². The molecule has 1 aliphatic carbocycles. The summed E-state index contributed by atoms with van der Waals surface area (Å²) in [5, 5.41) is 9.67. The molecule has 1 aromatic carbocycles. The molecule has 0 aliphatic heterocycles. The molecule has 17 heavy (non-hydrogen) atoms. The van der Waals surface area contributed by atoms with Crippen LogP contribution in [0.3, 0.4) is 0 Å². The lowest BCUT2D eigenvalue weighted by molar-refractivity contribution is -0.143. The highest BCUT2D eigenvalue weighted by Gasteiger charge is 2.45. The van der Waals surface area contributed by atoms with Crippen LogP contribution < -0.4 is 0 Å². The van der Waals surface area contributed by atoms with Gasteiger partial charge in [0.05, 0.1) is 0 Å². The second-order valence-electron chi connectivity index (χ2n) is 4.73. The highest BCUT2D eigenvalue weighted by molar-refractivity contribution is 5.84. The number of benzene rings is 1. The summed E-state index contributed by atoms with van der Waals surface area (Å²) in [6.07, 6.45) is 5.84. The van der Waals surface area contributed by atoms with E-state index >= 15 is 0 Å². The van der Waals surface area contributed by atoms with Crippen molar-refractivity contribution < 1.29 is 9.90 Å². The van der Waals surface area contributed by atoms with Crippen molar-refractivity contribution in [3.8, 4) is 0 Å². The fraction of sp³-hybridized carbons (Fsp3) is 0.400. The molecule has 1 fully saturated rings. The van der Waals surface area contributed by atoms with Crippen LogP contribution in [-0.2, 0) is 10.2 Å². The Morgan fingerprint density at radius 2 is 1.88 bits per heavy atom. The molecule has 0 spiro atoms. The van der Waals surface area contributed by atoms with Gasteiger partial charge in [-0.05, 0) is 24.3 Å². The first kappa shape index (κ1) is 11.9. The van der Waals surface area contributed by atoms with Gasteiger partial charge < -0.3 is 5.11 Å². The SMILES string of the molecule is C=CC(C(=O)O)(c1ccccc1)C1CCCC1. The molecular formula is C15H18O2. The number of carboxylic acid groups (broad SMARTS) is 1. The summed E-state index contributed by atoms with van der Waals surface area (Å²) in [4.78, 5) is 11.8. The molecule has 1 saturated carbocycles. The van der Waals surface area contributed by atoms with Crippen molar-refractivity contribution in [1.82, 2.24) is 0 Å². The summed E-state index contributed by atoms with van der Waals surface area (Å²) < 4.78 is 0. The number of rotatable bonds is 4. The van der Waals surface area contributed by atoms with E-state index < -0.39 is 11.4 Å². The van der Waals surface area contributed by atoms with Crippen LogP contribution in [0, 0.1) is 5.92 Å². The second-order valence-corrected chi connectivity index (χ2v) is 4.73. The molecule has 1 atom stereocenters. The molecule has 0 radical (unpaired) electrons. The predicted octanol–water partition coefficient (Wildman–Crippen LogP) is 3.39. The molecule has 1 aromatic rings. The van der Waals surface area contributed by atoms with Gasteiger partial charge in [0.1, 0.15) is 5.41 Å². The zero-order valence-corrected chi connectivity index (χ0v) is 9.93. The number of carbonyl (C=O) groups is 1. The van der Waals surface area contributed by atoms with E-state index in [9.17, 15) is 9.90 Å². The van der Waals surface area contributed by atoms with Crippen LogP contribution in [0.2, 0.25) is 0 Å². The molecule has 0 amide bonds. The van der Waals surface area contributed by atoms with E-state index in [0.717, 1.165) is 31.2 Å². The molecule has 2 nitrogen and oxygen atoms in total. The van der Waals surface area contributed by atoms with Gasteiger partial charge in [0.25, 0.3) is 0 Å². The lowest BCUT2D eigenvalue weighted by Gasteiger charge is -2.32. The predicted molar refractivity (Wildman–Crippen MR) is 67.9 cm³/mol. The van der Waals surface area contributed by atoms with Gasteiger partial charge >= 0.3 is 5.97 Å². The lowest BCUT2D eigenvalue weighted by Crippen LogP contribution is -2.40. The average molecular weight is 230 g/mol. The van der Waals surface area contributed by atoms with E-state index in [-0.39, 0.29) is 5.92 Å². The van der Waals surface area contributed by atoms with Gasteiger partial charge in [-0.3, -0.25) is 4.79 Å². The molecule has 0 saturated heterocycles. The quantitative estimate of drug-likeness (QED) is 0.805. The van der Waals surface area contributed by atoms with Crippen molar-refractivity contribution in [3.05, 3.63) is 48.6 Å². The number of carboxylic acids is 1. The van der Waals surface area contributed by atoms with Crippen LogP contribution >= 0.6 is 0 Å². The summed E-state index contributed by atoms with van der Waals surface area (Å²) in [5.74, 6) is -0.592. The molecule has 90 valence electrons. The molecule has 1 N–H and O–H groups in total. The summed E-state index contributed by atoms with van der Waals surface area (Å²) in [6, 6.07) is 9.49. The Bertz CT molecular complexity index is 404. The maximum atomic E-state index is 11.8. The third-order valence-corrected chi connectivity index (χ3v) is 3.93. The number of aliphatic carboxylic acids is 1. The zero-order valence-electron chi connectivity index (χ0n) is 9.93. The summed E-state index contributed by atoms with van der Waals surface area (Å²) in [7, 11) is 0. The Morgan fingerprint density at radius 1 is 1.29 bits per heavy atom. The molecule has 0 bridgehead atoms. The Labute approximate surface area is 102 Å². The van der Waals surface area contributed by atoms with E-state index in [1.165, 1.54) is 0 Å². The third kappa shape index (κ3) is 1.88. The molecule has 1 aliphatic rings. The van der Waals surface area contributed by atoms with E-state index in [1.54, 1.807) is 6.08 Å². The molecule has 0 aromatic heterocycles. The standard InChI is InChI=1S/C15H18O2/c1-2-15(14(16)17,13-10-6-7-11-13)12-8-4-3-5-9-12/h2-5,8-9,13H,1,6-7,10-11H2,(H,16,17). The first-order valence-electron chi connectivity index (χ1n) is 6.14. The largest absolute Gasteiger partial charge is 0.480 e. The van der Waals surface area contributed by atoms with Crippen LogP contribution in [0.4, 0.5) is 0 Å². The molecule has 2 rings (SSSR count). The fourth-order valence-corrected chi connectivity index (χ4v) is 3.00. The summed E-state index contributed by atoms with van der Waals surface area (Å²) in [6.45, 7) is 3.79. The first-order chi connectivity index (χ1) is 8.21. The Morgan fingerprint density at radius 3 is 2.35 bits per heavy atom. The second kappa shape index (κ2) is 4.74. The fourth-order valence-electron chi connectivity index (χ4n) is 3.00. The average Bonchev–Trinajstić information content (AvgIpc) is 2.86. The van der Waals surface area contributed by atoms with Gasteiger partial charge in [0, 0.05) is 0 Å². The van der Waals surface area contributed by atoms with Crippen LogP contribution in [0.5, 0.6) is 0 Å². The minimum atomic E-state index is -0.905. The normalized spacial score (nSPS) is 19.8. The maximum Gasteiger partial charge on any atom is 0.318 e. The molecule has 0 heterocycles. The van der Waals surface area contributed by atoms with Crippen LogP contribution in [0.15, 0.2) is 43.0 Å². The van der Waals surface area contributed by atoms with Gasteiger partial charge in [0.2, 0.25) is 0 Å². The smallest absolute Gasteiger partial charge is 0.318 e. The molecule has 1 unspecified atom stereocenters. The van der Waals surface area contributed by atoms with E-state index in [2.05, 4.69) is 6.58 Å². The van der Waals surface area contributed by atoms with Gasteiger partial charge in [-0.25, -0.2) is 0 Å². The monoisotopic (exact) mass is 230 g/mol. The Hall–Kier alpha value is -1.57. The summed E-state index contributed by atoms with van der Waals surface area (Å²) >= 11 is 0. The van der Waals surface area contributed by atoms with Gasteiger partial charge in [-0.2, -0.15) is 0 Å². The lowest BCUT2D eigenvalue weighted by atomic mass is 9.69. The van der Waals surface area contributed by atoms with Crippen LogP contribution in [0.25, 0.3) is 0 Å². The minimum absolute atomic E-state index is 0.180. The first-order valence-corrected chi connectivity index (χ1v) is 6.14. The van der Waals surface area contributed by atoms with Crippen molar-refractivity contribution in [2.75, 3.05) is 0 Å². The van der Waals surface area contributed by atoms with Gasteiger partial charge in [-0.15, -0.1) is 6.58 Å². The van der Waals surface area contributed by atoms with E-state index in [0.29, 0.717) is 0 Å². The van der Waals surface area contributed by atoms with Crippen LogP contribution in [-0.4, -0.2) is 11.1 Å². The van der Waals surface area contributed by atoms with Crippen LogP contribution in [0.1, 0.15) is 31.2 Å². The highest BCUT2D eigenvalue weighted by Crippen LogP contribution is 2.43. The topological polar surface area (TPSA) is 37.3 Å². The Balaban J connectivity index is 2.49. The molecular weight excluding hydrogens is 212 g/mol. The Kier molecular flexibility index (Phi) is 3.32.